The van der Waals surface area contributed by atoms with Crippen molar-refractivity contribution in [1.82, 2.24) is 14.5 Å². The SMILES string of the molecule is Cc1ccc(Cn2c(CN3CCCC3)cc3cccnc32)cc1. The Labute approximate surface area is 137 Å². The molecule has 0 bridgehead atoms. The lowest BCUT2D eigenvalue weighted by Gasteiger charge is -2.17. The van der Waals surface area contributed by atoms with Crippen molar-refractivity contribution in [2.24, 2.45) is 0 Å². The van der Waals surface area contributed by atoms with Gasteiger partial charge in [0, 0.05) is 30.4 Å². The van der Waals surface area contributed by atoms with Gasteiger partial charge < -0.3 is 4.57 Å². The van der Waals surface area contributed by atoms with Crippen molar-refractivity contribution in [3.8, 4) is 0 Å². The number of rotatable bonds is 4. The quantitative estimate of drug-likeness (QED) is 0.727. The van der Waals surface area contributed by atoms with Crippen molar-refractivity contribution >= 4 is 11.0 Å². The third-order valence-electron chi connectivity index (χ3n) is 4.79. The highest BCUT2D eigenvalue weighted by atomic mass is 15.2. The van der Waals surface area contributed by atoms with Gasteiger partial charge in [-0.1, -0.05) is 29.8 Å². The molecule has 0 radical (unpaired) electrons. The van der Waals surface area contributed by atoms with Crippen LogP contribution in [0.2, 0.25) is 0 Å². The molecule has 1 aromatic carbocycles. The normalized spacial score (nSPS) is 15.5. The van der Waals surface area contributed by atoms with Crippen LogP contribution < -0.4 is 0 Å². The number of pyridine rings is 1. The molecular weight excluding hydrogens is 282 g/mol. The van der Waals surface area contributed by atoms with E-state index in [0.29, 0.717) is 0 Å². The van der Waals surface area contributed by atoms with E-state index < -0.39 is 0 Å². The maximum Gasteiger partial charge on any atom is 0.140 e. The lowest BCUT2D eigenvalue weighted by atomic mass is 10.1. The molecule has 0 amide bonds. The first-order valence-corrected chi connectivity index (χ1v) is 8.51. The Morgan fingerprint density at radius 2 is 1.78 bits per heavy atom. The van der Waals surface area contributed by atoms with E-state index in [9.17, 15) is 0 Å². The Kier molecular flexibility index (Phi) is 3.88. The molecule has 0 atom stereocenters. The molecule has 1 aliphatic heterocycles. The van der Waals surface area contributed by atoms with Crippen LogP contribution in [0.25, 0.3) is 11.0 Å². The summed E-state index contributed by atoms with van der Waals surface area (Å²) in [6.07, 6.45) is 4.56. The van der Waals surface area contributed by atoms with Gasteiger partial charge in [-0.15, -0.1) is 0 Å². The van der Waals surface area contributed by atoms with Gasteiger partial charge >= 0.3 is 0 Å². The van der Waals surface area contributed by atoms with Crippen molar-refractivity contribution in [2.75, 3.05) is 13.1 Å². The molecule has 1 saturated heterocycles. The minimum atomic E-state index is 0.893. The second-order valence-corrected chi connectivity index (χ2v) is 6.61. The van der Waals surface area contributed by atoms with E-state index in [2.05, 4.69) is 57.8 Å². The summed E-state index contributed by atoms with van der Waals surface area (Å²) in [5.74, 6) is 0. The predicted molar refractivity (Wildman–Crippen MR) is 94.5 cm³/mol. The Hall–Kier alpha value is -2.13. The molecule has 0 N–H and O–H groups in total. The molecule has 3 heterocycles. The Bertz CT molecular complexity index is 795. The van der Waals surface area contributed by atoms with Crippen molar-refractivity contribution in [3.05, 3.63) is 65.5 Å². The fourth-order valence-electron chi connectivity index (χ4n) is 3.49. The number of aryl methyl sites for hydroxylation is 1. The molecule has 0 saturated carbocycles. The number of hydrogen-bond donors (Lipinski definition) is 0. The molecular formula is C20H23N3. The molecule has 4 rings (SSSR count). The number of benzene rings is 1. The van der Waals surface area contributed by atoms with Crippen molar-refractivity contribution in [2.45, 2.75) is 32.9 Å². The molecule has 3 aromatic rings. The highest BCUT2D eigenvalue weighted by molar-refractivity contribution is 5.77. The third-order valence-corrected chi connectivity index (χ3v) is 4.79. The molecule has 0 unspecified atom stereocenters. The van der Waals surface area contributed by atoms with Gasteiger partial charge in [0.15, 0.2) is 0 Å². The van der Waals surface area contributed by atoms with Gasteiger partial charge in [0.2, 0.25) is 0 Å². The summed E-state index contributed by atoms with van der Waals surface area (Å²) in [7, 11) is 0. The van der Waals surface area contributed by atoms with Gasteiger partial charge in [0.05, 0.1) is 0 Å². The van der Waals surface area contributed by atoms with Gasteiger partial charge in [-0.2, -0.15) is 0 Å². The van der Waals surface area contributed by atoms with E-state index in [1.165, 1.54) is 48.1 Å². The van der Waals surface area contributed by atoms with Crippen molar-refractivity contribution in [3.63, 3.8) is 0 Å². The number of fused-ring (bicyclic) bond motifs is 1. The first-order chi connectivity index (χ1) is 11.3. The van der Waals surface area contributed by atoms with E-state index in [4.69, 9.17) is 0 Å². The van der Waals surface area contributed by atoms with Gasteiger partial charge in [-0.05, 0) is 56.6 Å². The zero-order valence-corrected chi connectivity index (χ0v) is 13.7. The first-order valence-electron chi connectivity index (χ1n) is 8.51. The third kappa shape index (κ3) is 3.02. The van der Waals surface area contributed by atoms with E-state index in [0.717, 1.165) is 18.7 Å². The molecule has 3 nitrogen and oxygen atoms in total. The van der Waals surface area contributed by atoms with Gasteiger partial charge in [0.1, 0.15) is 5.65 Å². The topological polar surface area (TPSA) is 21.1 Å². The molecule has 2 aromatic heterocycles. The maximum atomic E-state index is 4.63. The minimum absolute atomic E-state index is 0.893. The molecule has 1 aliphatic rings. The fraction of sp³-hybridized carbons (Fsp3) is 0.350. The second-order valence-electron chi connectivity index (χ2n) is 6.61. The fourth-order valence-corrected chi connectivity index (χ4v) is 3.49. The Balaban J connectivity index is 1.71. The van der Waals surface area contributed by atoms with Gasteiger partial charge in [-0.3, -0.25) is 4.90 Å². The maximum absolute atomic E-state index is 4.63. The van der Waals surface area contributed by atoms with Crippen LogP contribution in [0.5, 0.6) is 0 Å². The summed E-state index contributed by atoms with van der Waals surface area (Å²) in [5, 5.41) is 1.24. The van der Waals surface area contributed by atoms with Gasteiger partial charge in [0.25, 0.3) is 0 Å². The summed E-state index contributed by atoms with van der Waals surface area (Å²) in [6, 6.07) is 15.3. The van der Waals surface area contributed by atoms with Crippen LogP contribution in [-0.4, -0.2) is 27.5 Å². The minimum Gasteiger partial charge on any atom is -0.324 e. The summed E-state index contributed by atoms with van der Waals surface area (Å²) in [5.41, 5.74) is 5.12. The molecule has 1 fully saturated rings. The van der Waals surface area contributed by atoms with Crippen LogP contribution in [-0.2, 0) is 13.1 Å². The van der Waals surface area contributed by atoms with Crippen LogP contribution in [0.15, 0.2) is 48.7 Å². The number of nitrogens with zero attached hydrogens (tertiary/aromatic N) is 3. The van der Waals surface area contributed by atoms with Crippen LogP contribution in [0.1, 0.15) is 29.7 Å². The molecule has 23 heavy (non-hydrogen) atoms. The monoisotopic (exact) mass is 305 g/mol. The highest BCUT2D eigenvalue weighted by Crippen LogP contribution is 2.22. The van der Waals surface area contributed by atoms with Crippen molar-refractivity contribution < 1.29 is 0 Å². The van der Waals surface area contributed by atoms with Gasteiger partial charge in [-0.25, -0.2) is 4.98 Å². The second kappa shape index (κ2) is 6.17. The zero-order chi connectivity index (χ0) is 15.6. The highest BCUT2D eigenvalue weighted by Gasteiger charge is 2.16. The lowest BCUT2D eigenvalue weighted by molar-refractivity contribution is 0.323. The number of aromatic nitrogens is 2. The van der Waals surface area contributed by atoms with Crippen LogP contribution in [0, 0.1) is 6.92 Å². The number of likely N-dealkylation sites (tertiary alicyclic amines) is 1. The smallest absolute Gasteiger partial charge is 0.140 e. The molecule has 3 heteroatoms. The number of hydrogen-bond acceptors (Lipinski definition) is 2. The Morgan fingerprint density at radius 3 is 2.57 bits per heavy atom. The first kappa shape index (κ1) is 14.5. The van der Waals surface area contributed by atoms with Crippen LogP contribution in [0.3, 0.4) is 0 Å². The standard InChI is InChI=1S/C20H23N3/c1-16-6-8-17(9-7-16)14-23-19(15-22-11-2-3-12-22)13-18-5-4-10-21-20(18)23/h4-10,13H,2-3,11-12,14-15H2,1H3. The van der Waals surface area contributed by atoms with E-state index in [-0.39, 0.29) is 0 Å². The summed E-state index contributed by atoms with van der Waals surface area (Å²) >= 11 is 0. The summed E-state index contributed by atoms with van der Waals surface area (Å²) in [4.78, 5) is 7.19. The van der Waals surface area contributed by atoms with Crippen molar-refractivity contribution in [1.29, 1.82) is 0 Å². The average Bonchev–Trinajstić information content (AvgIpc) is 3.19. The summed E-state index contributed by atoms with van der Waals surface area (Å²) < 4.78 is 2.39. The summed E-state index contributed by atoms with van der Waals surface area (Å²) in [6.45, 7) is 6.50. The average molecular weight is 305 g/mol. The molecule has 0 spiro atoms. The van der Waals surface area contributed by atoms with Crippen LogP contribution >= 0.6 is 0 Å². The largest absolute Gasteiger partial charge is 0.324 e. The van der Waals surface area contributed by atoms with E-state index in [1.54, 1.807) is 0 Å². The van der Waals surface area contributed by atoms with Crippen LogP contribution in [0.4, 0.5) is 0 Å². The molecule has 118 valence electrons. The Morgan fingerprint density at radius 1 is 1.00 bits per heavy atom. The zero-order valence-electron chi connectivity index (χ0n) is 13.7. The van der Waals surface area contributed by atoms with E-state index >= 15 is 0 Å². The molecule has 0 aliphatic carbocycles. The van der Waals surface area contributed by atoms with E-state index in [1.807, 2.05) is 12.3 Å². The lowest BCUT2D eigenvalue weighted by Crippen LogP contribution is -2.20. The predicted octanol–water partition coefficient (Wildman–Crippen LogP) is 3.99.